The van der Waals surface area contributed by atoms with E-state index in [0.717, 1.165) is 9.54 Å². The summed E-state index contributed by atoms with van der Waals surface area (Å²) in [6, 6.07) is 15.4. The number of aromatic nitrogens is 2. The van der Waals surface area contributed by atoms with Crippen LogP contribution < -0.4 is 4.72 Å². The molecule has 0 bridgehead atoms. The number of hydrogen-bond donors (Lipinski definition) is 1. The Morgan fingerprint density at radius 3 is 2.31 bits per heavy atom. The van der Waals surface area contributed by atoms with E-state index >= 15 is 0 Å². The van der Waals surface area contributed by atoms with E-state index in [9.17, 15) is 21.6 Å². The average Bonchev–Trinajstić information content (AvgIpc) is 3.17. The minimum absolute atomic E-state index is 0.00368. The Morgan fingerprint density at radius 2 is 1.69 bits per heavy atom. The largest absolute Gasteiger partial charge is 0.465 e. The molecule has 4 aromatic rings. The monoisotopic (exact) mass is 625 g/mol. The summed E-state index contributed by atoms with van der Waals surface area (Å²) in [5.74, 6) is -0.814. The van der Waals surface area contributed by atoms with Gasteiger partial charge in [0, 0.05) is 15.2 Å². The molecule has 0 radical (unpaired) electrons. The minimum Gasteiger partial charge on any atom is -0.465 e. The maximum absolute atomic E-state index is 13.7. The first-order chi connectivity index (χ1) is 16.6. The third-order valence-electron chi connectivity index (χ3n) is 5.26. The Morgan fingerprint density at radius 1 is 1.03 bits per heavy atom. The second-order valence-corrected chi connectivity index (χ2v) is 12.4. The first kappa shape index (κ1) is 25.3. The number of nitrogens with one attached hydrogen (secondary N) is 1. The van der Waals surface area contributed by atoms with E-state index in [2.05, 4.69) is 9.71 Å². The van der Waals surface area contributed by atoms with Gasteiger partial charge in [0.25, 0.3) is 10.0 Å². The number of aryl methyl sites for hydroxylation is 1. The zero-order valence-electron chi connectivity index (χ0n) is 18.6. The number of ether oxygens (including phenoxy) is 1. The number of nitrogens with zero attached hydrogens (tertiary/aromatic N) is 2. The molecule has 0 amide bonds. The highest BCUT2D eigenvalue weighted by atomic mass is 127. The molecule has 1 N–H and O–H groups in total. The molecule has 0 aliphatic carbocycles. The lowest BCUT2D eigenvalue weighted by Crippen LogP contribution is -2.27. The molecule has 0 fully saturated rings. The first-order valence-electron chi connectivity index (χ1n) is 10.2. The summed E-state index contributed by atoms with van der Waals surface area (Å²) in [6.07, 6.45) is 1.46. The van der Waals surface area contributed by atoms with Crippen LogP contribution in [0.4, 0.5) is 0 Å². The van der Waals surface area contributed by atoms with Crippen molar-refractivity contribution >= 4 is 59.6 Å². The summed E-state index contributed by atoms with van der Waals surface area (Å²) >= 11 is 1.99. The first-order valence-corrected chi connectivity index (χ1v) is 14.2. The van der Waals surface area contributed by atoms with Crippen molar-refractivity contribution in [3.8, 4) is 0 Å². The van der Waals surface area contributed by atoms with Crippen LogP contribution in [0.5, 0.6) is 0 Å². The molecule has 0 saturated carbocycles. The lowest BCUT2D eigenvalue weighted by molar-refractivity contribution is 0.0601. The highest BCUT2D eigenvalue weighted by molar-refractivity contribution is 14.1. The van der Waals surface area contributed by atoms with Gasteiger partial charge >= 0.3 is 5.97 Å². The SMILES string of the molecule is COC(=O)c1c(CNS(=O)(=O)c2ccc(C)cc2)n(S(=O)(=O)c2ccccc2)c2ncc(I)cc12. The predicted molar refractivity (Wildman–Crippen MR) is 138 cm³/mol. The van der Waals surface area contributed by atoms with Crippen molar-refractivity contribution in [2.24, 2.45) is 0 Å². The van der Waals surface area contributed by atoms with Crippen molar-refractivity contribution in [2.75, 3.05) is 7.11 Å². The molecule has 0 saturated heterocycles. The maximum atomic E-state index is 13.7. The molecule has 0 unspecified atom stereocenters. The van der Waals surface area contributed by atoms with E-state index in [4.69, 9.17) is 4.74 Å². The van der Waals surface area contributed by atoms with Crippen molar-refractivity contribution < 1.29 is 26.4 Å². The van der Waals surface area contributed by atoms with E-state index in [-0.39, 0.29) is 32.1 Å². The van der Waals surface area contributed by atoms with Gasteiger partial charge < -0.3 is 4.74 Å². The van der Waals surface area contributed by atoms with Crippen molar-refractivity contribution in [3.63, 3.8) is 0 Å². The number of rotatable bonds is 7. The van der Waals surface area contributed by atoms with Gasteiger partial charge in [-0.05, 0) is 59.8 Å². The Bertz CT molecular complexity index is 1630. The summed E-state index contributed by atoms with van der Waals surface area (Å²) < 4.78 is 62.2. The molecule has 0 aliphatic heterocycles. The van der Waals surface area contributed by atoms with Gasteiger partial charge in [-0.1, -0.05) is 35.9 Å². The molecule has 0 spiro atoms. The minimum atomic E-state index is -4.26. The van der Waals surface area contributed by atoms with Crippen molar-refractivity contribution in [2.45, 2.75) is 23.3 Å². The summed E-state index contributed by atoms with van der Waals surface area (Å²) in [7, 11) is -7.12. The Kier molecular flexibility index (Phi) is 6.99. The fourth-order valence-electron chi connectivity index (χ4n) is 3.57. The molecule has 35 heavy (non-hydrogen) atoms. The highest BCUT2D eigenvalue weighted by Gasteiger charge is 2.32. The van der Waals surface area contributed by atoms with Gasteiger partial charge in [-0.3, -0.25) is 0 Å². The van der Waals surface area contributed by atoms with E-state index in [1.165, 1.54) is 37.6 Å². The van der Waals surface area contributed by atoms with Crippen LogP contribution in [0.1, 0.15) is 21.6 Å². The molecular weight excluding hydrogens is 605 g/mol. The smallest absolute Gasteiger partial charge is 0.340 e. The van der Waals surface area contributed by atoms with E-state index < -0.39 is 32.6 Å². The van der Waals surface area contributed by atoms with Crippen LogP contribution in [0.15, 0.2) is 76.7 Å². The number of esters is 1. The number of sulfonamides is 1. The van der Waals surface area contributed by atoms with Crippen molar-refractivity contribution in [1.29, 1.82) is 0 Å². The fraction of sp³-hybridized carbons (Fsp3) is 0.130. The standard InChI is InChI=1S/C23H20IN3O6S2/c1-15-8-10-17(11-9-15)34(29,30)26-14-20-21(23(28)33-2)19-12-16(24)13-25-22(19)27(20)35(31,32)18-6-4-3-5-7-18/h3-13,26H,14H2,1-2H3. The molecular formula is C23H20IN3O6S2. The van der Waals surface area contributed by atoms with E-state index in [1.54, 1.807) is 36.4 Å². The van der Waals surface area contributed by atoms with Crippen LogP contribution in [0.25, 0.3) is 11.0 Å². The summed E-state index contributed by atoms with van der Waals surface area (Å²) in [5.41, 5.74) is 0.673. The van der Waals surface area contributed by atoms with Crippen LogP contribution in [0.3, 0.4) is 0 Å². The van der Waals surface area contributed by atoms with Gasteiger partial charge in [0.15, 0.2) is 5.65 Å². The molecule has 4 rings (SSSR count). The fourth-order valence-corrected chi connectivity index (χ4v) is 6.54. The topological polar surface area (TPSA) is 124 Å². The van der Waals surface area contributed by atoms with Gasteiger partial charge in [0.2, 0.25) is 10.0 Å². The van der Waals surface area contributed by atoms with Gasteiger partial charge in [0.05, 0.1) is 34.7 Å². The van der Waals surface area contributed by atoms with Gasteiger partial charge in [-0.2, -0.15) is 0 Å². The van der Waals surface area contributed by atoms with Crippen LogP contribution in [0, 0.1) is 10.5 Å². The van der Waals surface area contributed by atoms with Crippen LogP contribution >= 0.6 is 22.6 Å². The van der Waals surface area contributed by atoms with E-state index in [0.29, 0.717) is 3.57 Å². The number of carbonyl (C=O) groups is 1. The second kappa shape index (κ2) is 9.68. The zero-order valence-corrected chi connectivity index (χ0v) is 22.4. The number of fused-ring (bicyclic) bond motifs is 1. The number of benzene rings is 2. The summed E-state index contributed by atoms with van der Waals surface area (Å²) in [6.45, 7) is 1.33. The molecule has 2 heterocycles. The van der Waals surface area contributed by atoms with Crippen LogP contribution in [-0.4, -0.2) is 38.9 Å². The predicted octanol–water partition coefficient (Wildman–Crippen LogP) is 3.45. The van der Waals surface area contributed by atoms with Crippen molar-refractivity contribution in [3.05, 3.63) is 87.3 Å². The third kappa shape index (κ3) is 4.83. The summed E-state index contributed by atoms with van der Waals surface area (Å²) in [4.78, 5) is 17.1. The molecule has 2 aromatic carbocycles. The quantitative estimate of drug-likeness (QED) is 0.247. The molecule has 12 heteroatoms. The second-order valence-electron chi connectivity index (χ2n) is 7.56. The third-order valence-corrected chi connectivity index (χ3v) is 9.01. The number of halogens is 1. The highest BCUT2D eigenvalue weighted by Crippen LogP contribution is 2.31. The molecule has 182 valence electrons. The Balaban J connectivity index is 1.95. The van der Waals surface area contributed by atoms with Gasteiger partial charge in [-0.15, -0.1) is 0 Å². The molecule has 2 aromatic heterocycles. The Hall–Kier alpha value is -2.81. The number of pyridine rings is 1. The van der Waals surface area contributed by atoms with Gasteiger partial charge in [-0.25, -0.2) is 35.3 Å². The molecule has 0 aliphatic rings. The Labute approximate surface area is 216 Å². The zero-order chi connectivity index (χ0) is 25.4. The number of hydrogen-bond acceptors (Lipinski definition) is 7. The van der Waals surface area contributed by atoms with E-state index in [1.807, 2.05) is 29.5 Å². The lowest BCUT2D eigenvalue weighted by atomic mass is 10.1. The average molecular weight is 625 g/mol. The number of methoxy groups -OCH3 is 1. The maximum Gasteiger partial charge on any atom is 0.340 e. The normalized spacial score (nSPS) is 12.1. The van der Waals surface area contributed by atoms with Gasteiger partial charge in [0.1, 0.15) is 0 Å². The molecule has 9 nitrogen and oxygen atoms in total. The number of carbonyl (C=O) groups excluding carboxylic acids is 1. The van der Waals surface area contributed by atoms with Crippen molar-refractivity contribution in [1.82, 2.24) is 13.7 Å². The lowest BCUT2D eigenvalue weighted by Gasteiger charge is -2.13. The summed E-state index contributed by atoms with van der Waals surface area (Å²) in [5, 5.41) is 0.229. The van der Waals surface area contributed by atoms with Crippen LogP contribution in [-0.2, 0) is 31.3 Å². The molecule has 0 atom stereocenters. The van der Waals surface area contributed by atoms with Crippen LogP contribution in [0.2, 0.25) is 0 Å².